The van der Waals surface area contributed by atoms with Gasteiger partial charge in [0.05, 0.1) is 12.4 Å². The van der Waals surface area contributed by atoms with E-state index in [1.807, 2.05) is 23.1 Å². The lowest BCUT2D eigenvalue weighted by molar-refractivity contribution is 0.496. The molecule has 0 aliphatic carbocycles. The molecule has 0 saturated heterocycles. The monoisotopic (exact) mass is 477 g/mol. The molecule has 6 heteroatoms. The van der Waals surface area contributed by atoms with Crippen LogP contribution in [0, 0.1) is 0 Å². The van der Waals surface area contributed by atoms with Crippen LogP contribution in [-0.4, -0.2) is 35.2 Å². The molecule has 0 bridgehead atoms. The van der Waals surface area contributed by atoms with E-state index in [-0.39, 0.29) is 6.85 Å². The van der Waals surface area contributed by atoms with Crippen LogP contribution in [-0.2, 0) is 0 Å². The van der Waals surface area contributed by atoms with Gasteiger partial charge in [-0.2, -0.15) is 5.10 Å². The second kappa shape index (κ2) is 7.64. The first-order valence-electron chi connectivity index (χ1n) is 12.7. The molecule has 4 aromatic carbocycles. The van der Waals surface area contributed by atoms with Crippen LogP contribution in [0.2, 0.25) is 0 Å². The number of para-hydroxylation sites is 2. The molecule has 5 aromatic rings. The molecule has 0 amide bonds. The van der Waals surface area contributed by atoms with Crippen molar-refractivity contribution in [1.29, 1.82) is 0 Å². The Kier molecular flexibility index (Phi) is 4.23. The molecule has 5 nitrogen and oxygen atoms in total. The number of nitrogens with zero attached hydrogens (tertiary/aromatic N) is 5. The van der Waals surface area contributed by atoms with E-state index in [4.69, 9.17) is 0 Å². The van der Waals surface area contributed by atoms with E-state index in [1.165, 1.54) is 50.2 Å². The third-order valence-corrected chi connectivity index (χ3v) is 7.80. The molecule has 37 heavy (non-hydrogen) atoms. The Balaban J connectivity index is 1.42. The maximum absolute atomic E-state index is 4.52. The Bertz CT molecular complexity index is 1710. The molecule has 3 aliphatic heterocycles. The van der Waals surface area contributed by atoms with Gasteiger partial charge in [-0.25, -0.2) is 4.68 Å². The largest absolute Gasteiger partial charge is 0.376 e. The lowest BCUT2D eigenvalue weighted by Gasteiger charge is -2.43. The number of hydrogen-bond donors (Lipinski definition) is 0. The third-order valence-electron chi connectivity index (χ3n) is 7.80. The van der Waals surface area contributed by atoms with Gasteiger partial charge in [0.1, 0.15) is 0 Å². The van der Waals surface area contributed by atoms with Crippen molar-refractivity contribution in [3.63, 3.8) is 0 Å². The van der Waals surface area contributed by atoms with Crippen molar-refractivity contribution in [3.8, 4) is 27.9 Å². The molecule has 0 fully saturated rings. The van der Waals surface area contributed by atoms with Crippen LogP contribution in [0.3, 0.4) is 0 Å². The molecule has 4 heterocycles. The average Bonchev–Trinajstić information content (AvgIpc) is 3.65. The van der Waals surface area contributed by atoms with Crippen LogP contribution in [0.4, 0.5) is 17.1 Å². The first-order chi connectivity index (χ1) is 18.3. The average molecular weight is 477 g/mol. The normalized spacial score (nSPS) is 14.7. The van der Waals surface area contributed by atoms with Crippen molar-refractivity contribution >= 4 is 34.8 Å². The third kappa shape index (κ3) is 2.96. The molecular formula is C31H24BN5. The number of aromatic nitrogens is 2. The van der Waals surface area contributed by atoms with E-state index in [1.54, 1.807) is 0 Å². The second-order valence-corrected chi connectivity index (χ2v) is 9.97. The molecular weight excluding hydrogens is 453 g/mol. The van der Waals surface area contributed by atoms with Crippen molar-refractivity contribution < 1.29 is 0 Å². The van der Waals surface area contributed by atoms with Crippen molar-refractivity contribution in [2.24, 2.45) is 0 Å². The van der Waals surface area contributed by atoms with E-state index in [0.29, 0.717) is 0 Å². The Labute approximate surface area is 216 Å². The highest BCUT2D eigenvalue weighted by Crippen LogP contribution is 2.46. The zero-order valence-corrected chi connectivity index (χ0v) is 20.5. The van der Waals surface area contributed by atoms with Gasteiger partial charge in [0.15, 0.2) is 0 Å². The smallest absolute Gasteiger partial charge is 0.329 e. The molecule has 0 spiro atoms. The summed E-state index contributed by atoms with van der Waals surface area (Å²) in [4.78, 5) is 7.05. The first-order valence-corrected chi connectivity index (χ1v) is 12.7. The molecule has 0 unspecified atom stereocenters. The SMILES string of the molecule is CN1C=CN(c2ccc3c(c2)B2c4cc(-n5cccn5)ccc4-c4ccccc4N2c2ccccc2-3)C1. The van der Waals surface area contributed by atoms with Gasteiger partial charge in [-0.1, -0.05) is 48.5 Å². The van der Waals surface area contributed by atoms with Crippen molar-refractivity contribution in [3.05, 3.63) is 116 Å². The fourth-order valence-electron chi connectivity index (χ4n) is 6.16. The van der Waals surface area contributed by atoms with Gasteiger partial charge in [-0.3, -0.25) is 0 Å². The van der Waals surface area contributed by atoms with E-state index in [9.17, 15) is 0 Å². The second-order valence-electron chi connectivity index (χ2n) is 9.97. The summed E-state index contributed by atoms with van der Waals surface area (Å²) in [7, 11) is 2.11. The van der Waals surface area contributed by atoms with E-state index in [0.717, 1.165) is 12.4 Å². The highest BCUT2D eigenvalue weighted by Gasteiger charge is 2.42. The van der Waals surface area contributed by atoms with Crippen molar-refractivity contribution in [2.45, 2.75) is 0 Å². The van der Waals surface area contributed by atoms with Gasteiger partial charge in [-0.05, 0) is 64.5 Å². The summed E-state index contributed by atoms with van der Waals surface area (Å²) >= 11 is 0. The minimum absolute atomic E-state index is 0.0505. The van der Waals surface area contributed by atoms with Crippen molar-refractivity contribution in [1.82, 2.24) is 14.7 Å². The minimum Gasteiger partial charge on any atom is -0.376 e. The molecule has 0 saturated carbocycles. The highest BCUT2D eigenvalue weighted by molar-refractivity contribution is 6.92. The number of fused-ring (bicyclic) bond motifs is 11. The Morgan fingerprint density at radius 3 is 1.95 bits per heavy atom. The summed E-state index contributed by atoms with van der Waals surface area (Å²) in [5.41, 5.74) is 12.5. The van der Waals surface area contributed by atoms with Crippen LogP contribution in [0.15, 0.2) is 116 Å². The van der Waals surface area contributed by atoms with Crippen LogP contribution in [0.5, 0.6) is 0 Å². The molecule has 3 aliphatic rings. The molecule has 0 radical (unpaired) electrons. The molecule has 0 atom stereocenters. The summed E-state index contributed by atoms with van der Waals surface area (Å²) < 4.78 is 1.95. The number of hydrogen-bond acceptors (Lipinski definition) is 4. The van der Waals surface area contributed by atoms with Gasteiger partial charge in [0.25, 0.3) is 0 Å². The number of anilines is 3. The van der Waals surface area contributed by atoms with E-state index >= 15 is 0 Å². The van der Waals surface area contributed by atoms with Gasteiger partial charge < -0.3 is 14.6 Å². The summed E-state index contributed by atoms with van der Waals surface area (Å²) in [5, 5.41) is 4.52. The highest BCUT2D eigenvalue weighted by atomic mass is 15.3. The quantitative estimate of drug-likeness (QED) is 0.336. The standard InChI is InChI=1S/C31H24BN5/c1-34-17-18-35(21-34)22-11-13-24-26-7-2-4-9-30(26)37-31-10-5-3-8-27(31)25-14-12-23(36-16-6-15-33-36)20-29(25)32(37)28(24)19-22/h2-20H,21H2,1H3. The molecule has 1 aromatic heterocycles. The summed E-state index contributed by atoms with van der Waals surface area (Å²) in [6.07, 6.45) is 8.13. The van der Waals surface area contributed by atoms with Crippen molar-refractivity contribution in [2.75, 3.05) is 23.4 Å². The zero-order valence-electron chi connectivity index (χ0n) is 20.5. The van der Waals surface area contributed by atoms with Gasteiger partial charge in [0.2, 0.25) is 0 Å². The Hall–Kier alpha value is -4.71. The van der Waals surface area contributed by atoms with Crippen LogP contribution in [0.25, 0.3) is 27.9 Å². The number of benzene rings is 4. The molecule has 8 rings (SSSR count). The van der Waals surface area contributed by atoms with Gasteiger partial charge >= 0.3 is 6.85 Å². The summed E-state index contributed by atoms with van der Waals surface area (Å²) in [6, 6.07) is 33.3. The lowest BCUT2D eigenvalue weighted by atomic mass is 9.43. The maximum Gasteiger partial charge on any atom is 0.329 e. The minimum atomic E-state index is 0.0505. The summed E-state index contributed by atoms with van der Waals surface area (Å²) in [6.45, 7) is 0.904. The topological polar surface area (TPSA) is 27.5 Å². The fourth-order valence-corrected chi connectivity index (χ4v) is 6.16. The van der Waals surface area contributed by atoms with Gasteiger partial charge in [0, 0.05) is 60.0 Å². The summed E-state index contributed by atoms with van der Waals surface area (Å²) in [5.74, 6) is 0. The zero-order chi connectivity index (χ0) is 24.5. The van der Waals surface area contributed by atoms with E-state index in [2.05, 4.69) is 124 Å². The predicted octanol–water partition coefficient (Wildman–Crippen LogP) is 4.96. The van der Waals surface area contributed by atoms with E-state index < -0.39 is 0 Å². The maximum atomic E-state index is 4.52. The lowest BCUT2D eigenvalue weighted by Crippen LogP contribution is -2.59. The van der Waals surface area contributed by atoms with Crippen LogP contribution < -0.4 is 20.6 Å². The fraction of sp³-hybridized carbons (Fsp3) is 0.0645. The van der Waals surface area contributed by atoms with Crippen LogP contribution in [0.1, 0.15) is 0 Å². The number of rotatable bonds is 2. The predicted molar refractivity (Wildman–Crippen MR) is 152 cm³/mol. The Morgan fingerprint density at radius 2 is 1.32 bits per heavy atom. The first kappa shape index (κ1) is 20.5. The molecule has 176 valence electrons. The van der Waals surface area contributed by atoms with Gasteiger partial charge in [-0.15, -0.1) is 0 Å². The molecule has 0 N–H and O–H groups in total. The Morgan fingerprint density at radius 1 is 0.676 bits per heavy atom. The van der Waals surface area contributed by atoms with Crippen LogP contribution >= 0.6 is 0 Å².